The van der Waals surface area contributed by atoms with E-state index in [1.165, 1.54) is 25.7 Å². The second-order valence-electron chi connectivity index (χ2n) is 7.85. The van der Waals surface area contributed by atoms with Crippen LogP contribution >= 0.6 is 0 Å². The maximum atomic E-state index is 11.8. The van der Waals surface area contributed by atoms with Gasteiger partial charge in [-0.2, -0.15) is 0 Å². The van der Waals surface area contributed by atoms with Crippen molar-refractivity contribution in [3.8, 4) is 0 Å². The van der Waals surface area contributed by atoms with Crippen LogP contribution < -0.4 is 16.0 Å². The smallest absolute Gasteiger partial charge is 0.251 e. The zero-order valence-corrected chi connectivity index (χ0v) is 17.4. The highest BCUT2D eigenvalue weighted by Crippen LogP contribution is 2.54. The summed E-state index contributed by atoms with van der Waals surface area (Å²) in [4.78, 5) is 16.2. The third-order valence-electron chi connectivity index (χ3n) is 6.34. The van der Waals surface area contributed by atoms with E-state index in [9.17, 15) is 4.79 Å². The molecule has 6 nitrogen and oxygen atoms in total. The number of hydrogen-bond donors (Lipinski definition) is 3. The van der Waals surface area contributed by atoms with Gasteiger partial charge in [-0.25, -0.2) is 0 Å². The Morgan fingerprint density at radius 1 is 1.32 bits per heavy atom. The molecule has 2 aliphatic rings. The van der Waals surface area contributed by atoms with Crippen molar-refractivity contribution >= 4 is 11.9 Å². The molecule has 3 rings (SSSR count). The van der Waals surface area contributed by atoms with E-state index in [1.54, 1.807) is 7.05 Å². The Labute approximate surface area is 168 Å². The molecule has 0 aromatic heterocycles. The lowest BCUT2D eigenvalue weighted by Crippen LogP contribution is -2.65. The summed E-state index contributed by atoms with van der Waals surface area (Å²) in [6, 6.07) is 8.20. The molecule has 2 saturated carbocycles. The quantitative estimate of drug-likeness (QED) is 0.497. The molecule has 6 heteroatoms. The van der Waals surface area contributed by atoms with Crippen molar-refractivity contribution in [3.63, 3.8) is 0 Å². The van der Waals surface area contributed by atoms with Crippen LogP contribution in [-0.2, 0) is 11.2 Å². The fraction of sp³-hybridized carbons (Fsp3) is 0.636. The monoisotopic (exact) mass is 386 g/mol. The molecule has 2 aliphatic carbocycles. The van der Waals surface area contributed by atoms with Crippen molar-refractivity contribution in [1.29, 1.82) is 0 Å². The van der Waals surface area contributed by atoms with E-state index >= 15 is 0 Å². The molecule has 3 N–H and O–H groups in total. The van der Waals surface area contributed by atoms with E-state index in [4.69, 9.17) is 4.74 Å². The lowest BCUT2D eigenvalue weighted by Gasteiger charge is -2.54. The first-order chi connectivity index (χ1) is 13.6. The molecule has 1 amide bonds. The van der Waals surface area contributed by atoms with Crippen LogP contribution in [0.3, 0.4) is 0 Å². The minimum absolute atomic E-state index is 0.0528. The van der Waals surface area contributed by atoms with Crippen LogP contribution in [-0.4, -0.2) is 51.3 Å². The van der Waals surface area contributed by atoms with Gasteiger partial charge in [-0.05, 0) is 50.3 Å². The van der Waals surface area contributed by atoms with Gasteiger partial charge in [-0.15, -0.1) is 0 Å². The molecule has 2 unspecified atom stereocenters. The van der Waals surface area contributed by atoms with Crippen molar-refractivity contribution in [2.24, 2.45) is 10.4 Å². The van der Waals surface area contributed by atoms with E-state index < -0.39 is 0 Å². The third-order valence-corrected chi connectivity index (χ3v) is 6.34. The van der Waals surface area contributed by atoms with Gasteiger partial charge in [0.05, 0.1) is 6.10 Å². The molecular weight excluding hydrogens is 352 g/mol. The van der Waals surface area contributed by atoms with Gasteiger partial charge in [-0.3, -0.25) is 9.79 Å². The lowest BCUT2D eigenvalue weighted by molar-refractivity contribution is -0.125. The molecule has 2 atom stereocenters. The van der Waals surface area contributed by atoms with Crippen LogP contribution in [0.15, 0.2) is 29.3 Å². The van der Waals surface area contributed by atoms with Gasteiger partial charge in [0.25, 0.3) is 5.91 Å². The van der Waals surface area contributed by atoms with Crippen LogP contribution in [0.4, 0.5) is 0 Å². The Kier molecular flexibility index (Phi) is 6.94. The van der Waals surface area contributed by atoms with Gasteiger partial charge in [0, 0.05) is 44.3 Å². The molecular formula is C22H34N4O2. The second kappa shape index (κ2) is 9.41. The number of nitrogens with one attached hydrogen (secondary N) is 3. The lowest BCUT2D eigenvalue weighted by atomic mass is 9.60. The molecule has 1 aromatic rings. The van der Waals surface area contributed by atoms with Gasteiger partial charge in [0.2, 0.25) is 0 Å². The zero-order valence-electron chi connectivity index (χ0n) is 17.4. The largest absolute Gasteiger partial charge is 0.378 e. The standard InChI is InChI=1S/C22H34N4O2/c1-4-28-19-15-18(22(19)11-5-6-12-22)26-21(24-3)25-13-10-16-8-7-9-17(14-16)20(27)23-2/h7-9,14,18-19H,4-6,10-13,15H2,1-3H3,(H,23,27)(H2,24,25,26). The number of carbonyl (C=O) groups is 1. The minimum Gasteiger partial charge on any atom is -0.378 e. The van der Waals surface area contributed by atoms with Gasteiger partial charge in [0.1, 0.15) is 0 Å². The Bertz CT molecular complexity index is 698. The highest BCUT2D eigenvalue weighted by molar-refractivity contribution is 5.94. The summed E-state index contributed by atoms with van der Waals surface area (Å²) in [7, 11) is 3.47. The number of amides is 1. The molecule has 0 radical (unpaired) electrons. The molecule has 0 bridgehead atoms. The zero-order chi connectivity index (χ0) is 20.0. The first-order valence-electron chi connectivity index (χ1n) is 10.5. The number of carbonyl (C=O) groups excluding carboxylic acids is 1. The molecule has 0 aliphatic heterocycles. The fourth-order valence-electron chi connectivity index (χ4n) is 4.79. The van der Waals surface area contributed by atoms with Crippen LogP contribution in [0.5, 0.6) is 0 Å². The summed E-state index contributed by atoms with van der Waals surface area (Å²) in [5.41, 5.74) is 2.12. The predicted octanol–water partition coefficient (Wildman–Crippen LogP) is 2.49. The van der Waals surface area contributed by atoms with Crippen LogP contribution in [0.2, 0.25) is 0 Å². The first kappa shape index (κ1) is 20.6. The molecule has 0 heterocycles. The molecule has 1 aromatic carbocycles. The topological polar surface area (TPSA) is 74.8 Å². The van der Waals surface area contributed by atoms with E-state index in [2.05, 4.69) is 33.9 Å². The molecule has 28 heavy (non-hydrogen) atoms. The number of hydrogen-bond acceptors (Lipinski definition) is 3. The molecule has 0 saturated heterocycles. The summed E-state index contributed by atoms with van der Waals surface area (Å²) in [6.45, 7) is 3.65. The fourth-order valence-corrected chi connectivity index (χ4v) is 4.79. The number of nitrogens with zero attached hydrogens (tertiary/aromatic N) is 1. The Hall–Kier alpha value is -2.08. The second-order valence-corrected chi connectivity index (χ2v) is 7.85. The van der Waals surface area contributed by atoms with E-state index in [-0.39, 0.29) is 11.3 Å². The summed E-state index contributed by atoms with van der Waals surface area (Å²) >= 11 is 0. The Morgan fingerprint density at radius 2 is 2.11 bits per heavy atom. The van der Waals surface area contributed by atoms with Crippen molar-refractivity contribution in [2.45, 2.75) is 57.6 Å². The van der Waals surface area contributed by atoms with Crippen molar-refractivity contribution in [2.75, 3.05) is 27.2 Å². The number of benzene rings is 1. The van der Waals surface area contributed by atoms with Gasteiger partial charge >= 0.3 is 0 Å². The predicted molar refractivity (Wildman–Crippen MR) is 113 cm³/mol. The first-order valence-corrected chi connectivity index (χ1v) is 10.5. The average Bonchev–Trinajstić information content (AvgIpc) is 3.24. The van der Waals surface area contributed by atoms with Crippen LogP contribution in [0, 0.1) is 5.41 Å². The minimum atomic E-state index is -0.0528. The van der Waals surface area contributed by atoms with E-state index in [1.807, 2.05) is 25.2 Å². The maximum absolute atomic E-state index is 11.8. The van der Waals surface area contributed by atoms with Crippen molar-refractivity contribution in [1.82, 2.24) is 16.0 Å². The Morgan fingerprint density at radius 3 is 2.79 bits per heavy atom. The van der Waals surface area contributed by atoms with Crippen molar-refractivity contribution in [3.05, 3.63) is 35.4 Å². The molecule has 1 spiro atoms. The molecule has 154 valence electrons. The van der Waals surface area contributed by atoms with Gasteiger partial charge in [0.15, 0.2) is 5.96 Å². The highest BCUT2D eigenvalue weighted by Gasteiger charge is 2.56. The number of aliphatic imine (C=N–C) groups is 1. The number of rotatable bonds is 7. The SMILES string of the molecule is CCOC1CC(NC(=NC)NCCc2cccc(C(=O)NC)c2)C12CCCC2. The van der Waals surface area contributed by atoms with E-state index in [0.29, 0.717) is 17.7 Å². The maximum Gasteiger partial charge on any atom is 0.251 e. The summed E-state index contributed by atoms with van der Waals surface area (Å²) in [6.07, 6.45) is 7.39. The van der Waals surface area contributed by atoms with Crippen LogP contribution in [0.1, 0.15) is 54.9 Å². The van der Waals surface area contributed by atoms with Crippen LogP contribution in [0.25, 0.3) is 0 Å². The normalized spacial score (nSPS) is 23.3. The molecule has 2 fully saturated rings. The Balaban J connectivity index is 1.51. The third kappa shape index (κ3) is 4.32. The van der Waals surface area contributed by atoms with Crippen molar-refractivity contribution < 1.29 is 9.53 Å². The summed E-state index contributed by atoms with van der Waals surface area (Å²) < 4.78 is 6.01. The summed E-state index contributed by atoms with van der Waals surface area (Å²) in [5, 5.41) is 9.74. The van der Waals surface area contributed by atoms with E-state index in [0.717, 1.165) is 37.5 Å². The average molecular weight is 387 g/mol. The van der Waals surface area contributed by atoms with Gasteiger partial charge in [-0.1, -0.05) is 25.0 Å². The summed E-state index contributed by atoms with van der Waals surface area (Å²) in [5.74, 6) is 0.802. The number of guanidine groups is 1. The van der Waals surface area contributed by atoms with Gasteiger partial charge < -0.3 is 20.7 Å². The highest BCUT2D eigenvalue weighted by atomic mass is 16.5. The number of ether oxygens (including phenoxy) is 1.